The van der Waals surface area contributed by atoms with Gasteiger partial charge in [-0.3, -0.25) is 4.79 Å². The van der Waals surface area contributed by atoms with Crippen molar-refractivity contribution < 1.29 is 14.6 Å². The van der Waals surface area contributed by atoms with Gasteiger partial charge in [-0.1, -0.05) is 39.8 Å². The third-order valence-electron chi connectivity index (χ3n) is 3.28. The first kappa shape index (κ1) is 15.5. The summed E-state index contributed by atoms with van der Waals surface area (Å²) < 4.78 is 4.66. The molecule has 0 atom stereocenters. The van der Waals surface area contributed by atoms with E-state index in [0.717, 1.165) is 23.1 Å². The van der Waals surface area contributed by atoms with E-state index in [-0.39, 0.29) is 11.4 Å². The smallest absolute Gasteiger partial charge is 0.305 e. The van der Waals surface area contributed by atoms with Crippen molar-refractivity contribution in [3.05, 3.63) is 28.8 Å². The molecule has 0 saturated heterocycles. The van der Waals surface area contributed by atoms with Crippen molar-refractivity contribution in [2.24, 2.45) is 0 Å². The van der Waals surface area contributed by atoms with Crippen LogP contribution < -0.4 is 0 Å². The normalized spacial score (nSPS) is 11.4. The molecule has 19 heavy (non-hydrogen) atoms. The Morgan fingerprint density at radius 3 is 2.42 bits per heavy atom. The third kappa shape index (κ3) is 3.98. The number of hydrogen-bond acceptors (Lipinski definition) is 3. The zero-order chi connectivity index (χ0) is 14.6. The SMILES string of the molecule is CCc1cc(CCC(=O)OC)cc(C(C)(C)C)c1O. The van der Waals surface area contributed by atoms with Gasteiger partial charge in [0.1, 0.15) is 5.75 Å². The van der Waals surface area contributed by atoms with Crippen molar-refractivity contribution in [1.82, 2.24) is 0 Å². The topological polar surface area (TPSA) is 46.5 Å². The van der Waals surface area contributed by atoms with Crippen LogP contribution in [0.25, 0.3) is 0 Å². The summed E-state index contributed by atoms with van der Waals surface area (Å²) in [6.07, 6.45) is 1.79. The van der Waals surface area contributed by atoms with Gasteiger partial charge in [-0.15, -0.1) is 0 Å². The maximum atomic E-state index is 11.2. The van der Waals surface area contributed by atoms with E-state index in [4.69, 9.17) is 0 Å². The van der Waals surface area contributed by atoms with Crippen molar-refractivity contribution in [3.63, 3.8) is 0 Å². The molecule has 0 spiro atoms. The summed E-state index contributed by atoms with van der Waals surface area (Å²) in [5.74, 6) is 0.181. The summed E-state index contributed by atoms with van der Waals surface area (Å²) >= 11 is 0. The molecular formula is C16H24O3. The number of carbonyl (C=O) groups excluding carboxylic acids is 1. The lowest BCUT2D eigenvalue weighted by Crippen LogP contribution is -2.13. The Kier molecular flexibility index (Phi) is 4.98. The molecule has 0 aliphatic carbocycles. The van der Waals surface area contributed by atoms with Crippen LogP contribution in [0.3, 0.4) is 0 Å². The van der Waals surface area contributed by atoms with Gasteiger partial charge in [-0.25, -0.2) is 0 Å². The molecule has 1 aromatic rings. The van der Waals surface area contributed by atoms with Crippen LogP contribution in [0.2, 0.25) is 0 Å². The van der Waals surface area contributed by atoms with Gasteiger partial charge in [0.15, 0.2) is 0 Å². The minimum Gasteiger partial charge on any atom is -0.507 e. The molecule has 1 aromatic carbocycles. The lowest BCUT2D eigenvalue weighted by Gasteiger charge is -2.23. The summed E-state index contributed by atoms with van der Waals surface area (Å²) in [6.45, 7) is 8.24. The summed E-state index contributed by atoms with van der Waals surface area (Å²) in [5, 5.41) is 10.3. The fourth-order valence-corrected chi connectivity index (χ4v) is 2.09. The monoisotopic (exact) mass is 264 g/mol. The van der Waals surface area contributed by atoms with Crippen LogP contribution in [0.5, 0.6) is 5.75 Å². The van der Waals surface area contributed by atoms with E-state index in [1.54, 1.807) is 0 Å². The van der Waals surface area contributed by atoms with Gasteiger partial charge in [-0.05, 0) is 34.9 Å². The van der Waals surface area contributed by atoms with Gasteiger partial charge in [0.2, 0.25) is 0 Å². The number of phenols is 1. The summed E-state index contributed by atoms with van der Waals surface area (Å²) in [4.78, 5) is 11.2. The van der Waals surface area contributed by atoms with Crippen LogP contribution in [0.15, 0.2) is 12.1 Å². The highest BCUT2D eigenvalue weighted by Gasteiger charge is 2.21. The highest BCUT2D eigenvalue weighted by molar-refractivity contribution is 5.69. The number of benzene rings is 1. The fourth-order valence-electron chi connectivity index (χ4n) is 2.09. The van der Waals surface area contributed by atoms with Crippen LogP contribution in [0.1, 0.15) is 50.8 Å². The number of rotatable bonds is 4. The maximum absolute atomic E-state index is 11.2. The van der Waals surface area contributed by atoms with Gasteiger partial charge in [0.25, 0.3) is 0 Å². The lowest BCUT2D eigenvalue weighted by atomic mass is 9.83. The molecule has 1 rings (SSSR count). The average Bonchev–Trinajstić information content (AvgIpc) is 2.35. The van der Waals surface area contributed by atoms with Crippen molar-refractivity contribution in [2.75, 3.05) is 7.11 Å². The molecule has 0 heterocycles. The molecular weight excluding hydrogens is 240 g/mol. The predicted molar refractivity (Wildman–Crippen MR) is 76.5 cm³/mol. The lowest BCUT2D eigenvalue weighted by molar-refractivity contribution is -0.140. The Morgan fingerprint density at radius 1 is 1.32 bits per heavy atom. The molecule has 3 nitrogen and oxygen atoms in total. The zero-order valence-corrected chi connectivity index (χ0v) is 12.5. The first-order chi connectivity index (χ1) is 8.79. The number of esters is 1. The Hall–Kier alpha value is -1.51. The molecule has 0 amide bonds. The molecule has 0 aliphatic heterocycles. The Balaban J connectivity index is 3.10. The molecule has 0 aromatic heterocycles. The van der Waals surface area contributed by atoms with Crippen molar-refractivity contribution in [2.45, 2.75) is 52.4 Å². The quantitative estimate of drug-likeness (QED) is 0.848. The molecule has 0 unspecified atom stereocenters. The van der Waals surface area contributed by atoms with Gasteiger partial charge >= 0.3 is 5.97 Å². The summed E-state index contributed by atoms with van der Waals surface area (Å²) in [7, 11) is 1.40. The average molecular weight is 264 g/mol. The van der Waals surface area contributed by atoms with Crippen molar-refractivity contribution in [1.29, 1.82) is 0 Å². The second kappa shape index (κ2) is 6.09. The first-order valence-corrected chi connectivity index (χ1v) is 6.71. The number of methoxy groups -OCH3 is 1. The number of phenolic OH excluding ortho intramolecular Hbond substituents is 1. The number of ether oxygens (including phenoxy) is 1. The predicted octanol–water partition coefficient (Wildman–Crippen LogP) is 3.36. The summed E-state index contributed by atoms with van der Waals surface area (Å²) in [5.41, 5.74) is 2.83. The van der Waals surface area contributed by atoms with Crippen LogP contribution in [-0.2, 0) is 27.8 Å². The van der Waals surface area contributed by atoms with Crippen LogP contribution in [0, 0.1) is 0 Å². The molecule has 0 bridgehead atoms. The molecule has 106 valence electrons. The standard InChI is InChI=1S/C16H24O3/c1-6-12-9-11(7-8-14(17)19-5)10-13(15(12)18)16(2,3)4/h9-10,18H,6-8H2,1-5H3. The van der Waals surface area contributed by atoms with Crippen LogP contribution in [0.4, 0.5) is 0 Å². The van der Waals surface area contributed by atoms with E-state index in [1.807, 2.05) is 19.1 Å². The minimum absolute atomic E-state index is 0.116. The van der Waals surface area contributed by atoms with E-state index in [9.17, 15) is 9.90 Å². The van der Waals surface area contributed by atoms with E-state index in [0.29, 0.717) is 18.6 Å². The largest absolute Gasteiger partial charge is 0.507 e. The van der Waals surface area contributed by atoms with Crippen LogP contribution >= 0.6 is 0 Å². The van der Waals surface area contributed by atoms with E-state index in [2.05, 4.69) is 25.5 Å². The van der Waals surface area contributed by atoms with Crippen molar-refractivity contribution >= 4 is 5.97 Å². The second-order valence-corrected chi connectivity index (χ2v) is 5.83. The van der Waals surface area contributed by atoms with Crippen LogP contribution in [-0.4, -0.2) is 18.2 Å². The number of carbonyl (C=O) groups is 1. The van der Waals surface area contributed by atoms with Gasteiger partial charge < -0.3 is 9.84 Å². The summed E-state index contributed by atoms with van der Waals surface area (Å²) in [6, 6.07) is 3.98. The molecule has 0 saturated carbocycles. The Bertz CT molecular complexity index is 456. The molecule has 0 fully saturated rings. The first-order valence-electron chi connectivity index (χ1n) is 6.71. The minimum atomic E-state index is -0.205. The Labute approximate surface area is 115 Å². The van der Waals surface area contributed by atoms with Gasteiger partial charge in [0.05, 0.1) is 7.11 Å². The Morgan fingerprint density at radius 2 is 1.95 bits per heavy atom. The van der Waals surface area contributed by atoms with Gasteiger partial charge in [-0.2, -0.15) is 0 Å². The zero-order valence-electron chi connectivity index (χ0n) is 12.5. The fraction of sp³-hybridized carbons (Fsp3) is 0.562. The van der Waals surface area contributed by atoms with E-state index in [1.165, 1.54) is 7.11 Å². The molecule has 1 N–H and O–H groups in total. The number of aryl methyl sites for hydroxylation is 2. The number of aromatic hydroxyl groups is 1. The maximum Gasteiger partial charge on any atom is 0.305 e. The molecule has 3 heteroatoms. The van der Waals surface area contributed by atoms with E-state index < -0.39 is 0 Å². The number of hydrogen-bond donors (Lipinski definition) is 1. The van der Waals surface area contributed by atoms with E-state index >= 15 is 0 Å². The van der Waals surface area contributed by atoms with Crippen molar-refractivity contribution in [3.8, 4) is 5.75 Å². The molecule has 0 aliphatic rings. The highest BCUT2D eigenvalue weighted by Crippen LogP contribution is 2.35. The molecule has 0 radical (unpaired) electrons. The third-order valence-corrected chi connectivity index (χ3v) is 3.28. The van der Waals surface area contributed by atoms with Gasteiger partial charge in [0, 0.05) is 6.42 Å². The highest BCUT2D eigenvalue weighted by atomic mass is 16.5. The second-order valence-electron chi connectivity index (χ2n) is 5.83.